The number of carbonyl (C=O) groups is 2. The smallest absolute Gasteiger partial charge is 0.276 e. The van der Waals surface area contributed by atoms with E-state index in [4.69, 9.17) is 4.98 Å². The van der Waals surface area contributed by atoms with Crippen LogP contribution in [0.15, 0.2) is 23.1 Å². The molecule has 3 aromatic rings. The van der Waals surface area contributed by atoms with E-state index in [1.807, 2.05) is 6.07 Å². The lowest BCUT2D eigenvalue weighted by Gasteiger charge is -2.34. The Kier molecular flexibility index (Phi) is 5.92. The summed E-state index contributed by atoms with van der Waals surface area (Å²) in [6, 6.07) is 0.831. The molecule has 4 fully saturated rings. The van der Waals surface area contributed by atoms with Crippen molar-refractivity contribution in [2.24, 2.45) is 29.6 Å². The van der Waals surface area contributed by atoms with E-state index in [1.165, 1.54) is 0 Å². The van der Waals surface area contributed by atoms with Gasteiger partial charge < -0.3 is 10.6 Å². The molecular formula is C27H29F4N7O3. The van der Waals surface area contributed by atoms with Crippen LogP contribution in [0.3, 0.4) is 0 Å². The number of nitrogens with one attached hydrogen (secondary N) is 2. The fraction of sp³-hybridized carbons (Fsp3) is 0.630. The largest absolute Gasteiger partial charge is 0.349 e. The molecule has 0 bridgehead atoms. The number of halogens is 4. The molecule has 3 heterocycles. The summed E-state index contributed by atoms with van der Waals surface area (Å²) < 4.78 is 60.6. The molecule has 4 aliphatic carbocycles. The summed E-state index contributed by atoms with van der Waals surface area (Å²) in [6.07, 6.45) is 5.22. The minimum absolute atomic E-state index is 0.0151. The molecule has 3 aromatic heterocycles. The first-order valence-electron chi connectivity index (χ1n) is 14.0. The van der Waals surface area contributed by atoms with Gasteiger partial charge in [-0.25, -0.2) is 31.7 Å². The molecule has 14 heteroatoms. The first-order valence-corrected chi connectivity index (χ1v) is 14.0. The fourth-order valence-corrected chi connectivity index (χ4v) is 6.76. The first-order chi connectivity index (χ1) is 19.5. The van der Waals surface area contributed by atoms with Crippen molar-refractivity contribution in [2.75, 3.05) is 0 Å². The SMILES string of the molecule is Cc1nonc1C(=O)NC(c1cn2ncc([C@H](NC(=O)CC3CC(F)(F)C3)C3CC3)cc2n1)C1C[C@@H]2[C@H](C1)C2(F)F. The number of nitrogens with zero attached hydrogens (tertiary/aromatic N) is 5. The highest BCUT2D eigenvalue weighted by atomic mass is 19.3. The summed E-state index contributed by atoms with van der Waals surface area (Å²) in [5.74, 6) is -7.86. The van der Waals surface area contributed by atoms with E-state index < -0.39 is 35.6 Å². The molecule has 2 unspecified atom stereocenters. The molecule has 2 N–H and O–H groups in total. The average molecular weight is 576 g/mol. The zero-order valence-corrected chi connectivity index (χ0v) is 22.2. The second-order valence-electron chi connectivity index (χ2n) is 12.2. The number of imidazole rings is 1. The minimum Gasteiger partial charge on any atom is -0.349 e. The Morgan fingerprint density at radius 2 is 1.80 bits per heavy atom. The summed E-state index contributed by atoms with van der Waals surface area (Å²) in [5, 5.41) is 17.7. The quantitative estimate of drug-likeness (QED) is 0.367. The van der Waals surface area contributed by atoms with Gasteiger partial charge >= 0.3 is 0 Å². The molecule has 5 atom stereocenters. The number of rotatable bonds is 9. The highest BCUT2D eigenvalue weighted by Crippen LogP contribution is 2.67. The monoisotopic (exact) mass is 575 g/mol. The summed E-state index contributed by atoms with van der Waals surface area (Å²) in [6.45, 7) is 1.58. The number of hydrogen-bond acceptors (Lipinski definition) is 7. The Morgan fingerprint density at radius 3 is 2.44 bits per heavy atom. The van der Waals surface area contributed by atoms with Crippen molar-refractivity contribution in [1.82, 2.24) is 35.5 Å². The third-order valence-electron chi connectivity index (χ3n) is 9.20. The molecule has 0 saturated heterocycles. The predicted molar refractivity (Wildman–Crippen MR) is 133 cm³/mol. The normalized spacial score (nSPS) is 27.6. The molecule has 0 radical (unpaired) electrons. The number of alkyl halides is 4. The van der Waals surface area contributed by atoms with Gasteiger partial charge in [-0.1, -0.05) is 5.16 Å². The maximum Gasteiger partial charge on any atom is 0.276 e. The second-order valence-corrected chi connectivity index (χ2v) is 12.2. The lowest BCUT2D eigenvalue weighted by molar-refractivity contribution is -0.134. The molecule has 0 aliphatic heterocycles. The van der Waals surface area contributed by atoms with Crippen molar-refractivity contribution in [3.8, 4) is 0 Å². The molecule has 0 spiro atoms. The zero-order valence-electron chi connectivity index (χ0n) is 22.2. The van der Waals surface area contributed by atoms with E-state index in [-0.39, 0.29) is 67.5 Å². The third-order valence-corrected chi connectivity index (χ3v) is 9.20. The van der Waals surface area contributed by atoms with E-state index in [0.717, 1.165) is 18.4 Å². The molecule has 7 rings (SSSR count). The van der Waals surface area contributed by atoms with Crippen molar-refractivity contribution in [2.45, 2.75) is 75.8 Å². The van der Waals surface area contributed by atoms with Crippen LogP contribution in [0.1, 0.15) is 84.5 Å². The Balaban J connectivity index is 1.12. The molecule has 41 heavy (non-hydrogen) atoms. The van der Waals surface area contributed by atoms with E-state index in [2.05, 4.69) is 30.7 Å². The molecule has 218 valence electrons. The lowest BCUT2D eigenvalue weighted by Crippen LogP contribution is -2.39. The Labute approximate surface area is 231 Å². The van der Waals surface area contributed by atoms with E-state index in [0.29, 0.717) is 17.0 Å². The molecule has 0 aromatic carbocycles. The summed E-state index contributed by atoms with van der Waals surface area (Å²) in [5.41, 5.74) is 2.02. The highest BCUT2D eigenvalue weighted by Gasteiger charge is 2.72. The summed E-state index contributed by atoms with van der Waals surface area (Å²) in [4.78, 5) is 30.4. The van der Waals surface area contributed by atoms with Crippen molar-refractivity contribution in [3.63, 3.8) is 0 Å². The standard InChI is InChI=1S/C27H29F4N7O3/c1-12-22(37-41-36-12)25(40)35-24(15-5-17-18(6-15)27(17,30)31)19-11-38-20(33-19)7-16(10-32-38)23(14-2-3-14)34-21(39)4-13-8-26(28,29)9-13/h7,10-11,13-15,17-18,23-24H,2-6,8-9H2,1H3,(H,34,39)(H,35,40)/t15?,17-,18+,23-,24?/m1/s1. The van der Waals surface area contributed by atoms with Gasteiger partial charge in [0.2, 0.25) is 11.8 Å². The van der Waals surface area contributed by atoms with Gasteiger partial charge in [0.25, 0.3) is 11.8 Å². The van der Waals surface area contributed by atoms with Gasteiger partial charge in [-0.15, -0.1) is 0 Å². The van der Waals surface area contributed by atoms with Gasteiger partial charge in [0.15, 0.2) is 11.3 Å². The molecule has 2 amide bonds. The number of aryl methyl sites for hydroxylation is 1. The minimum atomic E-state index is -2.67. The van der Waals surface area contributed by atoms with E-state index in [9.17, 15) is 27.2 Å². The molecule has 4 saturated carbocycles. The van der Waals surface area contributed by atoms with Gasteiger partial charge in [0.05, 0.1) is 30.2 Å². The Bertz CT molecular complexity index is 1500. The van der Waals surface area contributed by atoms with Crippen molar-refractivity contribution in [3.05, 3.63) is 41.1 Å². The fourth-order valence-electron chi connectivity index (χ4n) is 6.76. The average Bonchev–Trinajstić information content (AvgIpc) is 3.52. The van der Waals surface area contributed by atoms with E-state index in [1.54, 1.807) is 23.8 Å². The van der Waals surface area contributed by atoms with Gasteiger partial charge in [-0.2, -0.15) is 5.10 Å². The van der Waals surface area contributed by atoms with Gasteiger partial charge in [0, 0.05) is 31.1 Å². The second kappa shape index (κ2) is 9.21. The first kappa shape index (κ1) is 26.3. The van der Waals surface area contributed by atoms with Crippen LogP contribution >= 0.6 is 0 Å². The molecule has 4 aliphatic rings. The van der Waals surface area contributed by atoms with Crippen LogP contribution in [0, 0.1) is 36.5 Å². The van der Waals surface area contributed by atoms with Crippen LogP contribution < -0.4 is 10.6 Å². The number of aromatic nitrogens is 5. The Hall–Kier alpha value is -3.58. The van der Waals surface area contributed by atoms with Crippen molar-refractivity contribution >= 4 is 17.5 Å². The molecular weight excluding hydrogens is 546 g/mol. The highest BCUT2D eigenvalue weighted by molar-refractivity contribution is 5.93. The Morgan fingerprint density at radius 1 is 1.07 bits per heavy atom. The van der Waals surface area contributed by atoms with Gasteiger partial charge in [0.1, 0.15) is 5.69 Å². The van der Waals surface area contributed by atoms with E-state index >= 15 is 0 Å². The van der Waals surface area contributed by atoms with Crippen LogP contribution in [-0.2, 0) is 4.79 Å². The topological polar surface area (TPSA) is 127 Å². The van der Waals surface area contributed by atoms with Crippen molar-refractivity contribution < 1.29 is 31.8 Å². The zero-order chi connectivity index (χ0) is 28.7. The number of carbonyl (C=O) groups excluding carboxylic acids is 2. The predicted octanol–water partition coefficient (Wildman–Crippen LogP) is 4.19. The van der Waals surface area contributed by atoms with Crippen LogP contribution in [0.2, 0.25) is 0 Å². The van der Waals surface area contributed by atoms with Gasteiger partial charge in [-0.3, -0.25) is 9.59 Å². The maximum atomic E-state index is 14.0. The molecule has 10 nitrogen and oxygen atoms in total. The van der Waals surface area contributed by atoms with Crippen LogP contribution in [-0.4, -0.2) is 48.6 Å². The van der Waals surface area contributed by atoms with Gasteiger partial charge in [-0.05, 0) is 67.1 Å². The number of amides is 2. The number of hydrogen-bond donors (Lipinski definition) is 2. The maximum absolute atomic E-state index is 14.0. The lowest BCUT2D eigenvalue weighted by atomic mass is 9.79. The van der Waals surface area contributed by atoms with Crippen molar-refractivity contribution in [1.29, 1.82) is 0 Å². The third kappa shape index (κ3) is 4.84. The van der Waals surface area contributed by atoms with Crippen LogP contribution in [0.5, 0.6) is 0 Å². The van der Waals surface area contributed by atoms with Crippen LogP contribution in [0.4, 0.5) is 17.6 Å². The summed E-state index contributed by atoms with van der Waals surface area (Å²) in [7, 11) is 0. The van der Waals surface area contributed by atoms with Crippen LogP contribution in [0.25, 0.3) is 5.65 Å². The summed E-state index contributed by atoms with van der Waals surface area (Å²) >= 11 is 0. The number of fused-ring (bicyclic) bond motifs is 2.